The van der Waals surface area contributed by atoms with Crippen LogP contribution in [-0.4, -0.2) is 16.8 Å². The first-order valence-electron chi connectivity index (χ1n) is 5.91. The van der Waals surface area contributed by atoms with Gasteiger partial charge >= 0.3 is 0 Å². The first kappa shape index (κ1) is 13.5. The molecular weight excluding hydrogens is 264 g/mol. The molecule has 0 amide bonds. The van der Waals surface area contributed by atoms with E-state index in [2.05, 4.69) is 16.5 Å². The number of anilines is 1. The standard InChI is InChI=1S/C13H13ClN4O/c1-3-11(19)10-4-5-12(14)16-13(10)18-8(2)6-9(7-15)17-18/h4-6,9,17H,3H2,1-2H3. The fraction of sp³-hybridized carbons (Fsp3) is 0.308. The highest BCUT2D eigenvalue weighted by atomic mass is 35.5. The number of allylic oxidation sites excluding steroid dienone is 1. The van der Waals surface area contributed by atoms with Gasteiger partial charge in [0.2, 0.25) is 0 Å². The minimum absolute atomic E-state index is 0.0193. The molecule has 0 bridgehead atoms. The number of pyridine rings is 1. The monoisotopic (exact) mass is 276 g/mol. The summed E-state index contributed by atoms with van der Waals surface area (Å²) in [6.45, 7) is 3.63. The summed E-state index contributed by atoms with van der Waals surface area (Å²) in [5, 5.41) is 10.9. The van der Waals surface area contributed by atoms with Crippen molar-refractivity contribution in [3.8, 4) is 6.07 Å². The Labute approximate surface area is 116 Å². The number of nitriles is 1. The zero-order valence-corrected chi connectivity index (χ0v) is 11.4. The second-order valence-electron chi connectivity index (χ2n) is 4.16. The molecule has 2 heterocycles. The lowest BCUT2D eigenvalue weighted by Crippen LogP contribution is -2.37. The van der Waals surface area contributed by atoms with Gasteiger partial charge in [-0.25, -0.2) is 10.4 Å². The molecule has 1 aliphatic heterocycles. The van der Waals surface area contributed by atoms with Gasteiger partial charge in [-0.3, -0.25) is 9.80 Å². The molecule has 0 aromatic carbocycles. The molecule has 0 saturated carbocycles. The van der Waals surface area contributed by atoms with Crippen molar-refractivity contribution >= 4 is 23.2 Å². The van der Waals surface area contributed by atoms with E-state index in [1.165, 1.54) is 0 Å². The Morgan fingerprint density at radius 3 is 2.95 bits per heavy atom. The molecule has 1 aliphatic rings. The van der Waals surface area contributed by atoms with Crippen LogP contribution in [0, 0.1) is 11.3 Å². The molecule has 5 nitrogen and oxygen atoms in total. The average Bonchev–Trinajstić information content (AvgIpc) is 2.79. The average molecular weight is 277 g/mol. The van der Waals surface area contributed by atoms with Gasteiger partial charge in [0.1, 0.15) is 11.2 Å². The highest BCUT2D eigenvalue weighted by Gasteiger charge is 2.25. The van der Waals surface area contributed by atoms with Crippen LogP contribution in [0.2, 0.25) is 5.15 Å². The number of carbonyl (C=O) groups excluding carboxylic acids is 1. The number of carbonyl (C=O) groups is 1. The highest BCUT2D eigenvalue weighted by Crippen LogP contribution is 2.26. The molecule has 0 saturated heterocycles. The summed E-state index contributed by atoms with van der Waals surface area (Å²) < 4.78 is 0. The van der Waals surface area contributed by atoms with Crippen LogP contribution in [0.1, 0.15) is 30.6 Å². The van der Waals surface area contributed by atoms with E-state index >= 15 is 0 Å². The number of ketones is 1. The predicted octanol–water partition coefficient (Wildman–Crippen LogP) is 2.45. The summed E-state index contributed by atoms with van der Waals surface area (Å²) in [5.41, 5.74) is 4.26. The van der Waals surface area contributed by atoms with E-state index < -0.39 is 6.04 Å². The van der Waals surface area contributed by atoms with Crippen LogP contribution >= 0.6 is 11.6 Å². The largest absolute Gasteiger partial charge is 0.294 e. The molecule has 1 N–H and O–H groups in total. The van der Waals surface area contributed by atoms with Crippen molar-refractivity contribution in [1.82, 2.24) is 10.4 Å². The van der Waals surface area contributed by atoms with Crippen LogP contribution in [0.3, 0.4) is 0 Å². The molecule has 1 aromatic heterocycles. The van der Waals surface area contributed by atoms with Gasteiger partial charge in [-0.1, -0.05) is 18.5 Å². The van der Waals surface area contributed by atoms with Crippen molar-refractivity contribution in [1.29, 1.82) is 5.26 Å². The number of aromatic nitrogens is 1. The zero-order chi connectivity index (χ0) is 14.0. The van der Waals surface area contributed by atoms with Gasteiger partial charge < -0.3 is 0 Å². The maximum Gasteiger partial charge on any atom is 0.166 e. The van der Waals surface area contributed by atoms with Crippen molar-refractivity contribution in [3.05, 3.63) is 34.6 Å². The van der Waals surface area contributed by atoms with Crippen LogP contribution < -0.4 is 10.4 Å². The lowest BCUT2D eigenvalue weighted by Gasteiger charge is -2.22. The molecule has 19 heavy (non-hydrogen) atoms. The minimum Gasteiger partial charge on any atom is -0.294 e. The van der Waals surface area contributed by atoms with Gasteiger partial charge in [0, 0.05) is 12.1 Å². The number of Topliss-reactive ketones (excluding diaryl/α,β-unsaturated/α-hetero) is 1. The molecule has 0 spiro atoms. The smallest absolute Gasteiger partial charge is 0.166 e. The molecule has 2 rings (SSSR count). The summed E-state index contributed by atoms with van der Waals surface area (Å²) >= 11 is 5.90. The normalized spacial score (nSPS) is 18.1. The molecule has 0 radical (unpaired) electrons. The molecule has 0 fully saturated rings. The number of nitrogens with one attached hydrogen (secondary N) is 1. The van der Waals surface area contributed by atoms with Crippen LogP contribution in [0.5, 0.6) is 0 Å². The number of hydrazine groups is 1. The van der Waals surface area contributed by atoms with E-state index in [0.717, 1.165) is 5.70 Å². The molecule has 1 atom stereocenters. The van der Waals surface area contributed by atoms with E-state index in [4.69, 9.17) is 16.9 Å². The molecule has 98 valence electrons. The Bertz CT molecular complexity index is 591. The summed E-state index contributed by atoms with van der Waals surface area (Å²) in [6, 6.07) is 4.92. The van der Waals surface area contributed by atoms with Gasteiger partial charge in [-0.15, -0.1) is 0 Å². The van der Waals surface area contributed by atoms with E-state index in [1.807, 2.05) is 6.92 Å². The molecule has 6 heteroatoms. The Balaban J connectivity index is 2.45. The van der Waals surface area contributed by atoms with Crippen molar-refractivity contribution < 1.29 is 4.79 Å². The van der Waals surface area contributed by atoms with Crippen molar-refractivity contribution in [2.24, 2.45) is 0 Å². The molecule has 0 aliphatic carbocycles. The number of hydrogen-bond donors (Lipinski definition) is 1. The second kappa shape index (κ2) is 5.39. The van der Waals surface area contributed by atoms with Gasteiger partial charge in [0.25, 0.3) is 0 Å². The topological polar surface area (TPSA) is 69.0 Å². The van der Waals surface area contributed by atoms with Gasteiger partial charge in [-0.05, 0) is 25.1 Å². The summed E-state index contributed by atoms with van der Waals surface area (Å²) in [4.78, 5) is 16.1. The maximum absolute atomic E-state index is 11.9. The van der Waals surface area contributed by atoms with Crippen molar-refractivity contribution in [2.75, 3.05) is 5.01 Å². The van der Waals surface area contributed by atoms with Gasteiger partial charge in [0.05, 0.1) is 11.6 Å². The quantitative estimate of drug-likeness (QED) is 0.678. The maximum atomic E-state index is 11.9. The summed E-state index contributed by atoms with van der Waals surface area (Å²) in [6.07, 6.45) is 2.15. The van der Waals surface area contributed by atoms with Crippen molar-refractivity contribution in [3.63, 3.8) is 0 Å². The SMILES string of the molecule is CCC(=O)c1ccc(Cl)nc1N1NC(C#N)C=C1C. The molecule has 1 aromatic rings. The fourth-order valence-corrected chi connectivity index (χ4v) is 2.04. The number of nitrogens with zero attached hydrogens (tertiary/aromatic N) is 3. The van der Waals surface area contributed by atoms with Gasteiger partial charge in [-0.2, -0.15) is 5.26 Å². The van der Waals surface area contributed by atoms with Crippen LogP contribution in [0.15, 0.2) is 23.9 Å². The lowest BCUT2D eigenvalue weighted by molar-refractivity contribution is 0.0988. The number of halogens is 1. The summed E-state index contributed by atoms with van der Waals surface area (Å²) in [5.74, 6) is 0.417. The first-order valence-corrected chi connectivity index (χ1v) is 6.28. The first-order chi connectivity index (χ1) is 9.06. The zero-order valence-electron chi connectivity index (χ0n) is 10.6. The molecular formula is C13H13ClN4O. The Morgan fingerprint density at radius 1 is 1.63 bits per heavy atom. The van der Waals surface area contributed by atoms with Crippen molar-refractivity contribution in [2.45, 2.75) is 26.3 Å². The van der Waals surface area contributed by atoms with Crippen LogP contribution in [0.4, 0.5) is 5.82 Å². The Kier molecular flexibility index (Phi) is 3.84. The van der Waals surface area contributed by atoms with Crippen LogP contribution in [-0.2, 0) is 0 Å². The van der Waals surface area contributed by atoms with Gasteiger partial charge in [0.15, 0.2) is 11.6 Å². The third-order valence-electron chi connectivity index (χ3n) is 2.84. The molecule has 1 unspecified atom stereocenters. The summed E-state index contributed by atoms with van der Waals surface area (Å²) in [7, 11) is 0. The number of hydrogen-bond acceptors (Lipinski definition) is 5. The third kappa shape index (κ3) is 2.60. The van der Waals surface area contributed by atoms with E-state index in [9.17, 15) is 4.79 Å². The second-order valence-corrected chi connectivity index (χ2v) is 4.55. The Hall–Kier alpha value is -1.90. The van der Waals surface area contributed by atoms with E-state index in [-0.39, 0.29) is 5.78 Å². The predicted molar refractivity (Wildman–Crippen MR) is 72.6 cm³/mol. The lowest BCUT2D eigenvalue weighted by atomic mass is 10.1. The number of rotatable bonds is 3. The fourth-order valence-electron chi connectivity index (χ4n) is 1.89. The van der Waals surface area contributed by atoms with E-state index in [0.29, 0.717) is 23.0 Å². The minimum atomic E-state index is -0.426. The highest BCUT2D eigenvalue weighted by molar-refractivity contribution is 6.29. The van der Waals surface area contributed by atoms with E-state index in [1.54, 1.807) is 30.1 Å². The third-order valence-corrected chi connectivity index (χ3v) is 3.05. The van der Waals surface area contributed by atoms with Crippen LogP contribution in [0.25, 0.3) is 0 Å². The Morgan fingerprint density at radius 2 is 2.37 bits per heavy atom.